The second-order valence-corrected chi connectivity index (χ2v) is 3.37. The number of benzene rings is 1. The van der Waals surface area contributed by atoms with Crippen LogP contribution in [0.15, 0.2) is 41.7 Å². The number of aliphatic imine (C=N–C) groups is 1. The molecule has 5 nitrogen and oxygen atoms in total. The SMILES string of the molecule is O=C=Nc1ccc(Oc2cncc(Cl)n2)cc1. The Bertz CT molecular complexity index is 565. The topological polar surface area (TPSA) is 64.4 Å². The summed E-state index contributed by atoms with van der Waals surface area (Å²) in [4.78, 5) is 21.3. The van der Waals surface area contributed by atoms with E-state index in [9.17, 15) is 4.79 Å². The third kappa shape index (κ3) is 3.11. The van der Waals surface area contributed by atoms with Crippen molar-refractivity contribution in [2.45, 2.75) is 0 Å². The van der Waals surface area contributed by atoms with Crippen LogP contribution in [0.3, 0.4) is 0 Å². The number of isocyanates is 1. The summed E-state index contributed by atoms with van der Waals surface area (Å²) in [6, 6.07) is 6.55. The summed E-state index contributed by atoms with van der Waals surface area (Å²) in [6.45, 7) is 0. The minimum Gasteiger partial charge on any atom is -0.437 e. The molecule has 0 bridgehead atoms. The molecule has 2 rings (SSSR count). The molecule has 0 aliphatic heterocycles. The van der Waals surface area contributed by atoms with Gasteiger partial charge in [0, 0.05) is 0 Å². The van der Waals surface area contributed by atoms with E-state index in [1.54, 1.807) is 24.3 Å². The Hall–Kier alpha value is -2.23. The zero-order valence-electron chi connectivity index (χ0n) is 8.50. The van der Waals surface area contributed by atoms with Gasteiger partial charge >= 0.3 is 0 Å². The lowest BCUT2D eigenvalue weighted by Crippen LogP contribution is -1.88. The lowest BCUT2D eigenvalue weighted by molar-refractivity contribution is 0.460. The number of halogens is 1. The average Bonchev–Trinajstić information content (AvgIpc) is 2.32. The Balaban J connectivity index is 2.16. The molecule has 0 amide bonds. The van der Waals surface area contributed by atoms with Gasteiger partial charge in [-0.05, 0) is 24.3 Å². The second-order valence-electron chi connectivity index (χ2n) is 2.98. The molecule has 0 aliphatic rings. The molecule has 0 spiro atoms. The van der Waals surface area contributed by atoms with Crippen LogP contribution >= 0.6 is 11.6 Å². The van der Waals surface area contributed by atoms with Gasteiger partial charge in [-0.15, -0.1) is 0 Å². The zero-order valence-corrected chi connectivity index (χ0v) is 9.26. The molecule has 0 fully saturated rings. The van der Waals surface area contributed by atoms with Crippen molar-refractivity contribution >= 4 is 23.4 Å². The van der Waals surface area contributed by atoms with E-state index < -0.39 is 0 Å². The van der Waals surface area contributed by atoms with E-state index in [0.29, 0.717) is 17.3 Å². The summed E-state index contributed by atoms with van der Waals surface area (Å²) >= 11 is 5.67. The molecular formula is C11H6ClN3O2. The van der Waals surface area contributed by atoms with Gasteiger partial charge in [-0.3, -0.25) is 4.98 Å². The minimum absolute atomic E-state index is 0.254. The predicted octanol–water partition coefficient (Wildman–Crippen LogP) is 2.89. The maximum absolute atomic E-state index is 10.0. The third-order valence-corrected chi connectivity index (χ3v) is 2.00. The number of aromatic nitrogens is 2. The summed E-state index contributed by atoms with van der Waals surface area (Å²) in [5.41, 5.74) is 0.504. The molecule has 0 radical (unpaired) electrons. The van der Waals surface area contributed by atoms with Crippen LogP contribution in [0.1, 0.15) is 0 Å². The molecule has 0 N–H and O–H groups in total. The molecule has 0 saturated carbocycles. The molecule has 17 heavy (non-hydrogen) atoms. The number of nitrogens with zero attached hydrogens (tertiary/aromatic N) is 3. The Labute approximate surface area is 102 Å². The highest BCUT2D eigenvalue weighted by Crippen LogP contribution is 2.22. The fourth-order valence-corrected chi connectivity index (χ4v) is 1.28. The third-order valence-electron chi connectivity index (χ3n) is 1.82. The van der Waals surface area contributed by atoms with Gasteiger partial charge in [0.15, 0.2) is 5.15 Å². The fourth-order valence-electron chi connectivity index (χ4n) is 1.14. The van der Waals surface area contributed by atoms with E-state index in [0.717, 1.165) is 0 Å². The van der Waals surface area contributed by atoms with Crippen molar-refractivity contribution in [3.05, 3.63) is 41.8 Å². The smallest absolute Gasteiger partial charge is 0.240 e. The van der Waals surface area contributed by atoms with E-state index in [4.69, 9.17) is 16.3 Å². The monoisotopic (exact) mass is 247 g/mol. The Kier molecular flexibility index (Phi) is 3.45. The van der Waals surface area contributed by atoms with Gasteiger partial charge in [0.1, 0.15) is 5.75 Å². The van der Waals surface area contributed by atoms with Crippen LogP contribution in [0, 0.1) is 0 Å². The molecule has 0 saturated heterocycles. The fraction of sp³-hybridized carbons (Fsp3) is 0. The van der Waals surface area contributed by atoms with Crippen LogP contribution in [0.5, 0.6) is 11.6 Å². The Morgan fingerprint density at radius 2 is 2.00 bits per heavy atom. The van der Waals surface area contributed by atoms with Gasteiger partial charge in [0.05, 0.1) is 18.1 Å². The summed E-state index contributed by atoms with van der Waals surface area (Å²) in [7, 11) is 0. The van der Waals surface area contributed by atoms with E-state index >= 15 is 0 Å². The van der Waals surface area contributed by atoms with Crippen molar-refractivity contribution in [2.24, 2.45) is 4.99 Å². The summed E-state index contributed by atoms with van der Waals surface area (Å²) < 4.78 is 5.39. The van der Waals surface area contributed by atoms with Crippen LogP contribution in [-0.2, 0) is 4.79 Å². The predicted molar refractivity (Wildman–Crippen MR) is 61.3 cm³/mol. The molecule has 1 heterocycles. The van der Waals surface area contributed by atoms with E-state index in [1.165, 1.54) is 18.5 Å². The first kappa shape index (κ1) is 11.3. The van der Waals surface area contributed by atoms with Gasteiger partial charge in [0.2, 0.25) is 12.0 Å². The lowest BCUT2D eigenvalue weighted by Gasteiger charge is -2.03. The maximum Gasteiger partial charge on any atom is 0.240 e. The number of hydrogen-bond acceptors (Lipinski definition) is 5. The maximum atomic E-state index is 10.0. The molecule has 0 unspecified atom stereocenters. The van der Waals surface area contributed by atoms with Crippen LogP contribution < -0.4 is 4.74 Å². The normalized spacial score (nSPS) is 9.47. The first-order valence-electron chi connectivity index (χ1n) is 4.61. The van der Waals surface area contributed by atoms with Gasteiger partial charge in [-0.25, -0.2) is 4.79 Å². The first-order valence-corrected chi connectivity index (χ1v) is 4.99. The number of rotatable bonds is 3. The summed E-state index contributed by atoms with van der Waals surface area (Å²) in [5, 5.41) is 0.254. The molecule has 0 atom stereocenters. The van der Waals surface area contributed by atoms with Crippen molar-refractivity contribution in [1.82, 2.24) is 9.97 Å². The average molecular weight is 248 g/mol. The van der Waals surface area contributed by atoms with Crippen molar-refractivity contribution in [2.75, 3.05) is 0 Å². The van der Waals surface area contributed by atoms with Crippen molar-refractivity contribution in [3.8, 4) is 11.6 Å². The standard InChI is InChI=1S/C11H6ClN3O2/c12-10-5-13-6-11(15-10)17-9-3-1-8(2-4-9)14-7-16/h1-6H. The van der Waals surface area contributed by atoms with Crippen LogP contribution in [0.4, 0.5) is 5.69 Å². The van der Waals surface area contributed by atoms with Gasteiger partial charge in [-0.2, -0.15) is 9.98 Å². The highest BCUT2D eigenvalue weighted by atomic mass is 35.5. The Morgan fingerprint density at radius 3 is 2.65 bits per heavy atom. The molecule has 2 aromatic rings. The van der Waals surface area contributed by atoms with E-state index in [2.05, 4.69) is 15.0 Å². The highest BCUT2D eigenvalue weighted by Gasteiger charge is 2.00. The van der Waals surface area contributed by atoms with Crippen molar-refractivity contribution < 1.29 is 9.53 Å². The molecule has 84 valence electrons. The number of ether oxygens (including phenoxy) is 1. The van der Waals surface area contributed by atoms with E-state index in [-0.39, 0.29) is 5.15 Å². The van der Waals surface area contributed by atoms with Crippen LogP contribution in [-0.4, -0.2) is 16.0 Å². The molecule has 0 aliphatic carbocycles. The lowest BCUT2D eigenvalue weighted by atomic mass is 10.3. The molecule has 1 aromatic carbocycles. The summed E-state index contributed by atoms with van der Waals surface area (Å²) in [6.07, 6.45) is 4.32. The zero-order chi connectivity index (χ0) is 12.1. The minimum atomic E-state index is 0.254. The first-order chi connectivity index (χ1) is 8.28. The van der Waals surface area contributed by atoms with Gasteiger partial charge < -0.3 is 4.74 Å². The van der Waals surface area contributed by atoms with Crippen LogP contribution in [0.2, 0.25) is 5.15 Å². The summed E-state index contributed by atoms with van der Waals surface area (Å²) in [5.74, 6) is 0.843. The van der Waals surface area contributed by atoms with Crippen molar-refractivity contribution in [3.63, 3.8) is 0 Å². The van der Waals surface area contributed by atoms with Gasteiger partial charge in [-0.1, -0.05) is 11.6 Å². The largest absolute Gasteiger partial charge is 0.437 e. The van der Waals surface area contributed by atoms with Gasteiger partial charge in [0.25, 0.3) is 0 Å². The molecule has 1 aromatic heterocycles. The molecular weight excluding hydrogens is 242 g/mol. The quantitative estimate of drug-likeness (QED) is 0.618. The van der Waals surface area contributed by atoms with Crippen LogP contribution in [0.25, 0.3) is 0 Å². The van der Waals surface area contributed by atoms with E-state index in [1.807, 2.05) is 0 Å². The number of hydrogen-bond donors (Lipinski definition) is 0. The van der Waals surface area contributed by atoms with Crippen molar-refractivity contribution in [1.29, 1.82) is 0 Å². The second kappa shape index (κ2) is 5.21. The number of carbonyl (C=O) groups excluding carboxylic acids is 1. The Morgan fingerprint density at radius 1 is 1.24 bits per heavy atom. The highest BCUT2D eigenvalue weighted by molar-refractivity contribution is 6.29. The molecule has 6 heteroatoms.